The van der Waals surface area contributed by atoms with Gasteiger partial charge in [-0.15, -0.1) is 13.2 Å². The standard InChI is InChI=1S/C18H16ClF3N2O4/c1-27-17(26)24(11-5-7-12(8-6-11)28-18(20,21)22)16(25)14-9-10-3-2-4-13(19)15(10)23-14/h4-8,14,23H,2-3,9H2,1H3. The average molecular weight is 417 g/mol. The Kier molecular flexibility index (Phi) is 5.55. The lowest BCUT2D eigenvalue weighted by Gasteiger charge is -2.23. The smallest absolute Gasteiger partial charge is 0.452 e. The fourth-order valence-corrected chi connectivity index (χ4v) is 3.43. The van der Waals surface area contributed by atoms with Crippen molar-refractivity contribution in [1.82, 2.24) is 5.32 Å². The number of alkyl halides is 3. The van der Waals surface area contributed by atoms with Gasteiger partial charge in [0.15, 0.2) is 0 Å². The monoisotopic (exact) mass is 416 g/mol. The second kappa shape index (κ2) is 7.75. The number of rotatable bonds is 3. The lowest BCUT2D eigenvalue weighted by Crippen LogP contribution is -2.47. The molecule has 6 nitrogen and oxygen atoms in total. The number of ether oxygens (including phenoxy) is 2. The van der Waals surface area contributed by atoms with E-state index in [9.17, 15) is 22.8 Å². The number of nitrogens with zero attached hydrogens (tertiary/aromatic N) is 1. The van der Waals surface area contributed by atoms with Gasteiger partial charge >= 0.3 is 12.5 Å². The summed E-state index contributed by atoms with van der Waals surface area (Å²) in [5, 5.41) is 3.54. The van der Waals surface area contributed by atoms with Crippen LogP contribution in [0.4, 0.5) is 23.7 Å². The molecule has 1 atom stereocenters. The van der Waals surface area contributed by atoms with Crippen molar-refractivity contribution in [3.8, 4) is 5.75 Å². The molecule has 0 saturated carbocycles. The number of methoxy groups -OCH3 is 1. The van der Waals surface area contributed by atoms with Crippen molar-refractivity contribution in [2.75, 3.05) is 12.0 Å². The van der Waals surface area contributed by atoms with Gasteiger partial charge in [-0.2, -0.15) is 0 Å². The summed E-state index contributed by atoms with van der Waals surface area (Å²) >= 11 is 6.16. The molecule has 1 N–H and O–H groups in total. The maximum Gasteiger partial charge on any atom is 0.573 e. The van der Waals surface area contributed by atoms with Gasteiger partial charge in [0.1, 0.15) is 11.8 Å². The number of anilines is 1. The van der Waals surface area contributed by atoms with Crippen LogP contribution in [0, 0.1) is 0 Å². The van der Waals surface area contributed by atoms with Gasteiger partial charge in [0, 0.05) is 0 Å². The molecule has 150 valence electrons. The van der Waals surface area contributed by atoms with Gasteiger partial charge in [-0.05, 0) is 49.1 Å². The fourth-order valence-electron chi connectivity index (χ4n) is 3.13. The molecule has 2 aliphatic rings. The number of imide groups is 1. The van der Waals surface area contributed by atoms with Crippen LogP contribution < -0.4 is 15.0 Å². The van der Waals surface area contributed by atoms with Gasteiger partial charge in [-0.3, -0.25) is 4.79 Å². The van der Waals surface area contributed by atoms with E-state index in [0.717, 1.165) is 42.6 Å². The molecule has 0 spiro atoms. The predicted molar refractivity (Wildman–Crippen MR) is 94.8 cm³/mol. The lowest BCUT2D eigenvalue weighted by atomic mass is 10.00. The van der Waals surface area contributed by atoms with Gasteiger partial charge < -0.3 is 14.8 Å². The van der Waals surface area contributed by atoms with Crippen molar-refractivity contribution in [3.63, 3.8) is 0 Å². The maximum absolute atomic E-state index is 13.0. The fraction of sp³-hybridized carbons (Fsp3) is 0.333. The van der Waals surface area contributed by atoms with Gasteiger partial charge in [-0.25, -0.2) is 9.69 Å². The summed E-state index contributed by atoms with van der Waals surface area (Å²) in [7, 11) is 1.11. The number of nitrogens with one attached hydrogen (secondary N) is 1. The second-order valence-electron chi connectivity index (χ2n) is 6.16. The summed E-state index contributed by atoms with van der Waals surface area (Å²) in [6, 6.07) is 3.62. The third-order valence-corrected chi connectivity index (χ3v) is 4.68. The minimum absolute atomic E-state index is 0.0553. The number of allylic oxidation sites excluding steroid dienone is 2. The van der Waals surface area contributed by atoms with Gasteiger partial charge in [-0.1, -0.05) is 17.7 Å². The van der Waals surface area contributed by atoms with Crippen LogP contribution in [-0.2, 0) is 9.53 Å². The summed E-state index contributed by atoms with van der Waals surface area (Å²) in [6.45, 7) is 0. The Morgan fingerprint density at radius 2 is 1.93 bits per heavy atom. The molecule has 0 bridgehead atoms. The van der Waals surface area contributed by atoms with E-state index in [4.69, 9.17) is 11.6 Å². The van der Waals surface area contributed by atoms with E-state index in [1.165, 1.54) is 12.1 Å². The highest BCUT2D eigenvalue weighted by Crippen LogP contribution is 2.35. The SMILES string of the molecule is COC(=O)N(C(=O)C1CC2=C(N1)C(Cl)=CCC2)c1ccc(OC(F)(F)F)cc1. The zero-order valence-corrected chi connectivity index (χ0v) is 15.4. The molecule has 2 amide bonds. The molecule has 0 radical (unpaired) electrons. The number of carbonyl (C=O) groups excluding carboxylic acids is 2. The Bertz CT molecular complexity index is 849. The summed E-state index contributed by atoms with van der Waals surface area (Å²) < 4.78 is 45.4. The molecule has 1 aromatic carbocycles. The van der Waals surface area contributed by atoms with E-state index >= 15 is 0 Å². The number of benzene rings is 1. The zero-order chi connectivity index (χ0) is 20.5. The Morgan fingerprint density at radius 3 is 2.50 bits per heavy atom. The first-order valence-corrected chi connectivity index (χ1v) is 8.69. The van der Waals surface area contributed by atoms with Crippen LogP contribution in [0.5, 0.6) is 5.75 Å². The van der Waals surface area contributed by atoms with Crippen molar-refractivity contribution in [3.05, 3.63) is 46.6 Å². The summed E-state index contributed by atoms with van der Waals surface area (Å²) in [6.07, 6.45) is -2.06. The van der Waals surface area contributed by atoms with Crippen molar-refractivity contribution in [2.24, 2.45) is 0 Å². The highest BCUT2D eigenvalue weighted by atomic mass is 35.5. The summed E-state index contributed by atoms with van der Waals surface area (Å²) in [5.74, 6) is -1.07. The molecular formula is C18H16ClF3N2O4. The molecule has 0 fully saturated rings. The van der Waals surface area contributed by atoms with E-state index in [0.29, 0.717) is 17.2 Å². The van der Waals surface area contributed by atoms with Crippen molar-refractivity contribution in [1.29, 1.82) is 0 Å². The van der Waals surface area contributed by atoms with Crippen LogP contribution in [0.2, 0.25) is 0 Å². The third kappa shape index (κ3) is 4.24. The Morgan fingerprint density at radius 1 is 1.25 bits per heavy atom. The van der Waals surface area contributed by atoms with Crippen LogP contribution in [0.3, 0.4) is 0 Å². The van der Waals surface area contributed by atoms with Crippen LogP contribution in [0.25, 0.3) is 0 Å². The van der Waals surface area contributed by atoms with Gasteiger partial charge in [0.2, 0.25) is 0 Å². The minimum Gasteiger partial charge on any atom is -0.452 e. The molecule has 1 aliphatic heterocycles. The third-order valence-electron chi connectivity index (χ3n) is 4.34. The molecule has 1 unspecified atom stereocenters. The molecule has 1 aliphatic carbocycles. The number of hydrogen-bond acceptors (Lipinski definition) is 5. The van der Waals surface area contributed by atoms with Crippen LogP contribution >= 0.6 is 11.6 Å². The number of amides is 2. The molecule has 1 aromatic rings. The second-order valence-corrected chi connectivity index (χ2v) is 6.56. The number of halogens is 4. The zero-order valence-electron chi connectivity index (χ0n) is 14.7. The summed E-state index contributed by atoms with van der Waals surface area (Å²) in [4.78, 5) is 25.9. The molecular weight excluding hydrogens is 401 g/mol. The first kappa shape index (κ1) is 20.1. The normalized spacial score (nSPS) is 18.8. The predicted octanol–water partition coefficient (Wildman–Crippen LogP) is 4.22. The minimum atomic E-state index is -4.84. The van der Waals surface area contributed by atoms with Crippen LogP contribution in [-0.4, -0.2) is 31.5 Å². The molecule has 0 saturated heterocycles. The highest BCUT2D eigenvalue weighted by molar-refractivity contribution is 6.32. The quantitative estimate of drug-likeness (QED) is 0.799. The van der Waals surface area contributed by atoms with E-state index in [-0.39, 0.29) is 5.69 Å². The first-order chi connectivity index (χ1) is 13.2. The Balaban J connectivity index is 1.80. The molecule has 10 heteroatoms. The van der Waals surface area contributed by atoms with E-state index < -0.39 is 30.2 Å². The summed E-state index contributed by atoms with van der Waals surface area (Å²) in [5.41, 5.74) is 1.73. The molecule has 0 aromatic heterocycles. The van der Waals surface area contributed by atoms with E-state index in [1.807, 2.05) is 6.08 Å². The van der Waals surface area contributed by atoms with Crippen molar-refractivity contribution < 1.29 is 32.2 Å². The molecule has 3 rings (SSSR count). The van der Waals surface area contributed by atoms with Gasteiger partial charge in [0.25, 0.3) is 5.91 Å². The number of hydrogen-bond donors (Lipinski definition) is 1. The topological polar surface area (TPSA) is 67.9 Å². The van der Waals surface area contributed by atoms with Crippen LogP contribution in [0.1, 0.15) is 19.3 Å². The largest absolute Gasteiger partial charge is 0.573 e. The number of carbonyl (C=O) groups is 2. The van der Waals surface area contributed by atoms with Crippen molar-refractivity contribution in [2.45, 2.75) is 31.7 Å². The Hall–Kier alpha value is -2.68. The van der Waals surface area contributed by atoms with E-state index in [1.54, 1.807) is 0 Å². The van der Waals surface area contributed by atoms with Gasteiger partial charge in [0.05, 0.1) is 23.5 Å². The average Bonchev–Trinajstić information content (AvgIpc) is 3.07. The van der Waals surface area contributed by atoms with Crippen molar-refractivity contribution >= 4 is 29.3 Å². The van der Waals surface area contributed by atoms with E-state index in [2.05, 4.69) is 14.8 Å². The highest BCUT2D eigenvalue weighted by Gasteiger charge is 2.37. The maximum atomic E-state index is 13.0. The van der Waals surface area contributed by atoms with Crippen LogP contribution in [0.15, 0.2) is 46.6 Å². The molecule has 28 heavy (non-hydrogen) atoms. The first-order valence-electron chi connectivity index (χ1n) is 8.32. The Labute approximate surface area is 163 Å². The lowest BCUT2D eigenvalue weighted by molar-refractivity contribution is -0.274. The molecule has 1 heterocycles.